The van der Waals surface area contributed by atoms with Crippen molar-refractivity contribution in [3.8, 4) is 51.3 Å². The van der Waals surface area contributed by atoms with Crippen LogP contribution in [0, 0.1) is 22.7 Å². The smallest absolute Gasteiger partial charge is 0.435 e. The van der Waals surface area contributed by atoms with Gasteiger partial charge in [0.15, 0.2) is 40.4 Å². The van der Waals surface area contributed by atoms with Crippen LogP contribution in [-0.2, 0) is 137 Å². The third-order valence-corrected chi connectivity index (χ3v) is 27.1. The van der Waals surface area contributed by atoms with Crippen LogP contribution in [0.4, 0.5) is 59.2 Å². The zero-order chi connectivity index (χ0) is 88.9. The number of alkyl halides is 3. The minimum absolute atomic E-state index is 0.0322. The molecular weight excluding hydrogens is 1650 g/mol. The molecule has 2 atom stereocenters. The number of nitrogens with zero attached hydrogens (tertiary/aromatic N) is 24. The second-order valence-corrected chi connectivity index (χ2v) is 35.1. The molecule has 12 aliphatic rings. The molecule has 19 heterocycles. The number of rotatable bonds is 11. The van der Waals surface area contributed by atoms with Crippen LogP contribution in [0.15, 0.2) is 97.5 Å². The summed E-state index contributed by atoms with van der Waals surface area (Å²) in [6.45, 7) is 21.0. The van der Waals surface area contributed by atoms with E-state index in [2.05, 4.69) is 108 Å². The number of hydrogen-bond donors (Lipinski definition) is 0. The Balaban J connectivity index is 0.000000108. The van der Waals surface area contributed by atoms with Gasteiger partial charge in [0.1, 0.15) is 24.5 Å². The predicted octanol–water partition coefficient (Wildman–Crippen LogP) is 10.8. The van der Waals surface area contributed by atoms with Crippen molar-refractivity contribution >= 4 is 69.6 Å². The van der Waals surface area contributed by atoms with Crippen LogP contribution < -0.4 is 24.3 Å². The van der Waals surface area contributed by atoms with Gasteiger partial charge in [-0.1, -0.05) is 30.3 Å². The van der Waals surface area contributed by atoms with Gasteiger partial charge in [-0.05, 0) is 114 Å². The Labute approximate surface area is 742 Å². The molecular formula is C93H101F3N24O9. The van der Waals surface area contributed by atoms with E-state index in [-0.39, 0.29) is 47.3 Å². The molecule has 0 radical (unpaired) electrons. The van der Waals surface area contributed by atoms with Crippen LogP contribution in [0.25, 0.3) is 33.4 Å². The summed E-state index contributed by atoms with van der Waals surface area (Å²) in [5.74, 6) is 4.92. The number of carbonyl (C=O) groups excluding carboxylic acids is 4. The number of anilines is 8. The standard InChI is InChI=1S/2C25H27N7O2.C24H25F3N6O2.C19H22N4O3/c2*1-16(33)30-8-6-24-21(14-30)25(28-32(24)19-7-10-34-15-19)31-9-5-18-11-17(3-4-23(18)31)20-13-29(2)27-22(20)12-26;1-14(34)31-7-6-21-19(11-31)23(29-33(21)17-12-35-13-17)32-8-5-16-9-15(3-4-20(16)32)18-10-30(2)28-22(18)24(25,26)27;1-13(24)21-7-6-16-15(10-21)19(20-23(16)14-11-25-12-14)22-8-9-26-18-5-3-2-4-17(18)22/h2*3-4,11,13,19H,5-10,14-15H2,1-2H3;3-4,9-10,17H,5-8,11-13H2,1-2H3;2-5,14H,6-12H2,1H3/t2*19-;;/m10../s1. The maximum atomic E-state index is 13.5. The Bertz CT molecular complexity index is 6130. The SMILES string of the molecule is CC(=O)N1CCc2c(c(N3CCOc4ccccc43)nn2C2COC2)C1.CC(=O)N1CCc2c(c(N3CCc4cc(-c5cn(C)nc5C#N)ccc43)nn2[C@@H]2CCOC2)C1.CC(=O)N1CCc2c(c(N3CCc4cc(-c5cn(C)nc5C#N)ccc43)nn2[C@H]2CCOC2)C1.CC(=O)N1CCc2c(c(N3CCc4cc(-c5cn(C)nc5C(F)(F)F)ccc43)nn2C2COC2)C1. The van der Waals surface area contributed by atoms with Crippen LogP contribution >= 0.6 is 0 Å². The highest BCUT2D eigenvalue weighted by molar-refractivity contribution is 5.83. The second-order valence-electron chi connectivity index (χ2n) is 35.1. The van der Waals surface area contributed by atoms with Crippen molar-refractivity contribution in [2.75, 3.05) is 131 Å². The topological polar surface area (TPSA) is 313 Å². The lowest BCUT2D eigenvalue weighted by atomic mass is 10.0. The Kier molecular flexibility index (Phi) is 22.2. The molecule has 4 aromatic carbocycles. The third-order valence-electron chi connectivity index (χ3n) is 27.1. The van der Waals surface area contributed by atoms with Crippen molar-refractivity contribution in [3.63, 3.8) is 0 Å². The molecule has 33 nitrogen and oxygen atoms in total. The van der Waals surface area contributed by atoms with Crippen molar-refractivity contribution < 1.29 is 56.0 Å². The maximum absolute atomic E-state index is 13.5. The summed E-state index contributed by atoms with van der Waals surface area (Å²) in [6.07, 6.45) is 8.30. The summed E-state index contributed by atoms with van der Waals surface area (Å²) < 4.78 is 81.6. The molecule has 7 aromatic heterocycles. The van der Waals surface area contributed by atoms with Gasteiger partial charge in [-0.2, -0.15) is 59.4 Å². The van der Waals surface area contributed by atoms with Gasteiger partial charge in [0.25, 0.3) is 0 Å². The maximum Gasteiger partial charge on any atom is 0.435 e. The van der Waals surface area contributed by atoms with E-state index < -0.39 is 11.9 Å². The van der Waals surface area contributed by atoms with Crippen molar-refractivity contribution in [1.29, 1.82) is 10.5 Å². The van der Waals surface area contributed by atoms with Gasteiger partial charge in [0, 0.05) is 231 Å². The zero-order valence-corrected chi connectivity index (χ0v) is 73.3. The first-order chi connectivity index (χ1) is 62.5. The van der Waals surface area contributed by atoms with E-state index in [1.165, 1.54) is 46.1 Å². The predicted molar refractivity (Wildman–Crippen MR) is 468 cm³/mol. The van der Waals surface area contributed by atoms with E-state index in [9.17, 15) is 42.9 Å². The number of nitriles is 2. The zero-order valence-electron chi connectivity index (χ0n) is 73.3. The average Bonchev–Trinajstić information content (AvgIpc) is 1.60. The summed E-state index contributed by atoms with van der Waals surface area (Å²) in [5.41, 5.74) is 21.3. The highest BCUT2D eigenvalue weighted by Crippen LogP contribution is 2.48. The van der Waals surface area contributed by atoms with Crippen LogP contribution in [-0.4, -0.2) is 224 Å². The normalized spacial score (nSPS) is 18.9. The molecule has 11 aromatic rings. The molecule has 12 aliphatic heterocycles. The molecule has 0 bridgehead atoms. The monoisotopic (exact) mass is 1750 g/mol. The lowest BCUT2D eigenvalue weighted by molar-refractivity contribution is -0.141. The quantitative estimate of drug-likeness (QED) is 0.116. The van der Waals surface area contributed by atoms with E-state index in [1.807, 2.05) is 76.4 Å². The van der Waals surface area contributed by atoms with E-state index in [4.69, 9.17) is 44.1 Å². The molecule has 668 valence electrons. The summed E-state index contributed by atoms with van der Waals surface area (Å²) >= 11 is 0. The number of amides is 4. The van der Waals surface area contributed by atoms with Crippen LogP contribution in [0.3, 0.4) is 0 Å². The fourth-order valence-electron chi connectivity index (χ4n) is 20.3. The van der Waals surface area contributed by atoms with Crippen molar-refractivity contribution in [3.05, 3.63) is 176 Å². The van der Waals surface area contributed by atoms with Gasteiger partial charge in [-0.25, -0.2) is 0 Å². The van der Waals surface area contributed by atoms with E-state index >= 15 is 0 Å². The Morgan fingerprint density at radius 2 is 0.729 bits per heavy atom. The summed E-state index contributed by atoms with van der Waals surface area (Å²) in [4.78, 5) is 64.9. The van der Waals surface area contributed by atoms with Crippen LogP contribution in [0.5, 0.6) is 5.75 Å². The van der Waals surface area contributed by atoms with E-state index in [0.29, 0.717) is 115 Å². The Morgan fingerprint density at radius 1 is 0.388 bits per heavy atom. The number of carbonyl (C=O) groups is 4. The molecule has 129 heavy (non-hydrogen) atoms. The molecule has 0 spiro atoms. The van der Waals surface area contributed by atoms with Crippen molar-refractivity contribution in [2.45, 2.75) is 142 Å². The number of fused-ring (bicyclic) bond motifs is 8. The number of halogens is 3. The first kappa shape index (κ1) is 84.0. The fourth-order valence-corrected chi connectivity index (χ4v) is 20.3. The summed E-state index contributed by atoms with van der Waals surface area (Å²) in [5, 5.41) is 51.3. The average molecular weight is 1760 g/mol. The molecule has 0 aliphatic carbocycles. The van der Waals surface area contributed by atoms with E-state index in [0.717, 1.165) is 211 Å². The number of hydrogen-bond acceptors (Lipinski definition) is 22. The number of para-hydroxylation sites is 2. The second kappa shape index (κ2) is 34.1. The minimum Gasteiger partial charge on any atom is -0.490 e. The Morgan fingerprint density at radius 3 is 1.07 bits per heavy atom. The first-order valence-corrected chi connectivity index (χ1v) is 44.4. The van der Waals surface area contributed by atoms with E-state index in [1.54, 1.807) is 43.1 Å². The molecule has 0 unspecified atom stereocenters. The Hall–Kier alpha value is -13.2. The minimum atomic E-state index is -4.53. The molecule has 0 N–H and O–H groups in total. The highest BCUT2D eigenvalue weighted by atomic mass is 19.4. The van der Waals surface area contributed by atoms with Crippen molar-refractivity contribution in [2.24, 2.45) is 21.1 Å². The van der Waals surface area contributed by atoms with Gasteiger partial charge in [-0.15, -0.1) is 0 Å². The number of benzene rings is 4. The van der Waals surface area contributed by atoms with Gasteiger partial charge >= 0.3 is 6.18 Å². The first-order valence-electron chi connectivity index (χ1n) is 44.4. The number of aromatic nitrogens is 14. The molecule has 36 heteroatoms. The van der Waals surface area contributed by atoms with Gasteiger partial charge in [0.2, 0.25) is 23.6 Å². The molecule has 4 fully saturated rings. The molecule has 0 saturated carbocycles. The van der Waals surface area contributed by atoms with Crippen molar-refractivity contribution in [1.82, 2.24) is 88.1 Å². The van der Waals surface area contributed by atoms with Gasteiger partial charge < -0.3 is 62.9 Å². The molecule has 23 rings (SSSR count). The largest absolute Gasteiger partial charge is 0.490 e. The molecule has 4 amide bonds. The molecule has 4 saturated heterocycles. The van der Waals surface area contributed by atoms with Gasteiger partial charge in [0.05, 0.1) is 102 Å². The van der Waals surface area contributed by atoms with Gasteiger partial charge in [-0.3, -0.25) is 52.0 Å². The van der Waals surface area contributed by atoms with Crippen LogP contribution in [0.1, 0.15) is 144 Å². The van der Waals surface area contributed by atoms with Crippen LogP contribution in [0.2, 0.25) is 0 Å². The number of ether oxygens (including phenoxy) is 5. The summed E-state index contributed by atoms with van der Waals surface area (Å²) in [7, 11) is 5.15. The summed E-state index contributed by atoms with van der Waals surface area (Å²) in [6, 6.07) is 31.6. The fraction of sp³-hybridized carbons (Fsp3) is 0.452. The lowest BCUT2D eigenvalue weighted by Gasteiger charge is -2.32. The lowest BCUT2D eigenvalue weighted by Crippen LogP contribution is -2.37. The third kappa shape index (κ3) is 15.6. The highest BCUT2D eigenvalue weighted by Gasteiger charge is 2.43. The number of aryl methyl sites for hydroxylation is 3.